The SMILES string of the molecule is CNC(=O)c1cccc(Nc2c(NC(C)(C)C)c(=O)c2=O)c1O. The molecule has 0 bridgehead atoms. The average molecular weight is 317 g/mol. The molecule has 0 saturated heterocycles. The van der Waals surface area contributed by atoms with Crippen LogP contribution in [0.4, 0.5) is 17.1 Å². The predicted molar refractivity (Wildman–Crippen MR) is 89.5 cm³/mol. The maximum Gasteiger partial charge on any atom is 0.254 e. The average Bonchev–Trinajstić information content (AvgIpc) is 2.50. The van der Waals surface area contributed by atoms with Gasteiger partial charge in [-0.05, 0) is 32.9 Å². The van der Waals surface area contributed by atoms with Crippen LogP contribution >= 0.6 is 0 Å². The zero-order chi connectivity index (χ0) is 17.4. The number of hydrogen-bond donors (Lipinski definition) is 4. The fourth-order valence-corrected chi connectivity index (χ4v) is 2.10. The van der Waals surface area contributed by atoms with Gasteiger partial charge in [0.25, 0.3) is 16.8 Å². The molecular weight excluding hydrogens is 298 g/mol. The standard InChI is InChI=1S/C16H19N3O4/c1-16(2,3)19-11-10(13(21)14(11)22)18-9-7-5-6-8(12(9)20)15(23)17-4/h5-7,18-20H,1-4H3,(H,17,23). The van der Waals surface area contributed by atoms with E-state index in [9.17, 15) is 19.5 Å². The van der Waals surface area contributed by atoms with Gasteiger partial charge in [-0.2, -0.15) is 0 Å². The first-order chi connectivity index (χ1) is 10.7. The second-order valence-electron chi connectivity index (χ2n) is 6.19. The first-order valence-electron chi connectivity index (χ1n) is 7.08. The molecule has 0 spiro atoms. The van der Waals surface area contributed by atoms with E-state index in [1.807, 2.05) is 20.8 Å². The summed E-state index contributed by atoms with van der Waals surface area (Å²) in [5.74, 6) is -0.745. The van der Waals surface area contributed by atoms with Gasteiger partial charge in [0.15, 0.2) is 5.75 Å². The number of anilines is 3. The van der Waals surface area contributed by atoms with Crippen molar-refractivity contribution >= 4 is 23.0 Å². The summed E-state index contributed by atoms with van der Waals surface area (Å²) in [7, 11) is 1.45. The molecule has 1 amide bonds. The van der Waals surface area contributed by atoms with Crippen molar-refractivity contribution in [3.8, 4) is 5.75 Å². The fraction of sp³-hybridized carbons (Fsp3) is 0.312. The number of carbonyl (C=O) groups is 1. The number of phenols is 1. The number of nitrogens with one attached hydrogen (secondary N) is 3. The third-order valence-electron chi connectivity index (χ3n) is 3.18. The van der Waals surface area contributed by atoms with E-state index >= 15 is 0 Å². The number of para-hydroxylation sites is 1. The van der Waals surface area contributed by atoms with Crippen LogP contribution in [0.3, 0.4) is 0 Å². The molecule has 4 N–H and O–H groups in total. The van der Waals surface area contributed by atoms with Gasteiger partial charge in [-0.3, -0.25) is 14.4 Å². The molecule has 0 radical (unpaired) electrons. The van der Waals surface area contributed by atoms with E-state index in [1.54, 1.807) is 6.07 Å². The zero-order valence-corrected chi connectivity index (χ0v) is 13.4. The van der Waals surface area contributed by atoms with Crippen molar-refractivity contribution in [2.75, 3.05) is 17.7 Å². The minimum Gasteiger partial charge on any atom is -0.505 e. The Morgan fingerprint density at radius 2 is 1.70 bits per heavy atom. The van der Waals surface area contributed by atoms with Crippen LogP contribution in [0, 0.1) is 0 Å². The van der Waals surface area contributed by atoms with Crippen molar-refractivity contribution in [3.63, 3.8) is 0 Å². The summed E-state index contributed by atoms with van der Waals surface area (Å²) in [5.41, 5.74) is -1.17. The van der Waals surface area contributed by atoms with Crippen molar-refractivity contribution in [2.24, 2.45) is 0 Å². The van der Waals surface area contributed by atoms with E-state index in [1.165, 1.54) is 19.2 Å². The lowest BCUT2D eigenvalue weighted by molar-refractivity contribution is 0.0960. The molecule has 0 aliphatic carbocycles. The second kappa shape index (κ2) is 5.75. The summed E-state index contributed by atoms with van der Waals surface area (Å²) in [6.45, 7) is 5.58. The van der Waals surface area contributed by atoms with Crippen LogP contribution in [0.1, 0.15) is 31.1 Å². The third kappa shape index (κ3) is 3.18. The Hall–Kier alpha value is -2.83. The number of hydrogen-bond acceptors (Lipinski definition) is 6. The van der Waals surface area contributed by atoms with Crippen LogP contribution in [-0.2, 0) is 0 Å². The monoisotopic (exact) mass is 317 g/mol. The van der Waals surface area contributed by atoms with E-state index in [2.05, 4.69) is 16.0 Å². The minimum atomic E-state index is -0.665. The number of benzene rings is 1. The summed E-state index contributed by atoms with van der Waals surface area (Å²) in [5, 5.41) is 18.3. The molecule has 0 atom stereocenters. The van der Waals surface area contributed by atoms with Crippen LogP contribution < -0.4 is 26.8 Å². The lowest BCUT2D eigenvalue weighted by Crippen LogP contribution is -2.41. The molecular formula is C16H19N3O4. The van der Waals surface area contributed by atoms with E-state index in [0.29, 0.717) is 0 Å². The largest absolute Gasteiger partial charge is 0.505 e. The highest BCUT2D eigenvalue weighted by Crippen LogP contribution is 2.31. The van der Waals surface area contributed by atoms with Crippen LogP contribution in [0.25, 0.3) is 0 Å². The highest BCUT2D eigenvalue weighted by Gasteiger charge is 2.25. The lowest BCUT2D eigenvalue weighted by Gasteiger charge is -2.25. The van der Waals surface area contributed by atoms with Gasteiger partial charge in [-0.1, -0.05) is 6.07 Å². The highest BCUT2D eigenvalue weighted by molar-refractivity contribution is 5.99. The molecule has 122 valence electrons. The van der Waals surface area contributed by atoms with Crippen LogP contribution in [-0.4, -0.2) is 23.6 Å². The Morgan fingerprint density at radius 1 is 1.09 bits per heavy atom. The molecule has 0 aliphatic rings. The maximum atomic E-state index is 11.8. The summed E-state index contributed by atoms with van der Waals surface area (Å²) in [6, 6.07) is 4.53. The Balaban J connectivity index is 2.38. The smallest absolute Gasteiger partial charge is 0.254 e. The Kier molecular flexibility index (Phi) is 4.14. The summed E-state index contributed by atoms with van der Waals surface area (Å²) in [4.78, 5) is 35.2. The van der Waals surface area contributed by atoms with Crippen molar-refractivity contribution in [1.82, 2.24) is 5.32 Å². The number of rotatable bonds is 4. The quantitative estimate of drug-likeness (QED) is 0.500. The predicted octanol–water partition coefficient (Wildman–Crippen LogP) is 1.30. The molecule has 7 nitrogen and oxygen atoms in total. The Bertz CT molecular complexity index is 827. The van der Waals surface area contributed by atoms with Crippen molar-refractivity contribution in [2.45, 2.75) is 26.3 Å². The number of aromatic hydroxyl groups is 1. The summed E-state index contributed by atoms with van der Waals surface area (Å²) < 4.78 is 0. The fourth-order valence-electron chi connectivity index (χ4n) is 2.10. The molecule has 0 fully saturated rings. The van der Waals surface area contributed by atoms with E-state index < -0.39 is 22.3 Å². The molecule has 7 heteroatoms. The topological polar surface area (TPSA) is 108 Å². The Labute approximate surface area is 133 Å². The van der Waals surface area contributed by atoms with Crippen LogP contribution in [0.5, 0.6) is 5.75 Å². The molecule has 0 unspecified atom stereocenters. The van der Waals surface area contributed by atoms with Gasteiger partial charge >= 0.3 is 0 Å². The van der Waals surface area contributed by atoms with Crippen molar-refractivity contribution in [3.05, 3.63) is 44.2 Å². The van der Waals surface area contributed by atoms with Gasteiger partial charge in [0.1, 0.15) is 11.4 Å². The van der Waals surface area contributed by atoms with Gasteiger partial charge in [0.05, 0.1) is 11.3 Å². The molecule has 2 aromatic rings. The van der Waals surface area contributed by atoms with Gasteiger partial charge in [0.2, 0.25) is 0 Å². The molecule has 2 rings (SSSR count). The lowest BCUT2D eigenvalue weighted by atomic mass is 10.1. The zero-order valence-electron chi connectivity index (χ0n) is 13.4. The number of carbonyl (C=O) groups excluding carboxylic acids is 1. The normalized spacial score (nSPS) is 11.3. The molecule has 0 aromatic heterocycles. The molecule has 0 aliphatic heterocycles. The van der Waals surface area contributed by atoms with Gasteiger partial charge in [-0.25, -0.2) is 0 Å². The van der Waals surface area contributed by atoms with E-state index in [4.69, 9.17) is 0 Å². The summed E-state index contributed by atoms with van der Waals surface area (Å²) >= 11 is 0. The highest BCUT2D eigenvalue weighted by atomic mass is 16.3. The first kappa shape index (κ1) is 16.5. The minimum absolute atomic E-state index is 0.0709. The molecule has 0 saturated carbocycles. The number of phenolic OH excluding ortho intramolecular Hbond substituents is 1. The van der Waals surface area contributed by atoms with Crippen LogP contribution in [0.15, 0.2) is 27.8 Å². The molecule has 2 aromatic carbocycles. The first-order valence-corrected chi connectivity index (χ1v) is 7.08. The maximum absolute atomic E-state index is 11.8. The molecule has 23 heavy (non-hydrogen) atoms. The van der Waals surface area contributed by atoms with Gasteiger partial charge < -0.3 is 21.1 Å². The van der Waals surface area contributed by atoms with E-state index in [0.717, 1.165) is 0 Å². The Morgan fingerprint density at radius 3 is 2.26 bits per heavy atom. The van der Waals surface area contributed by atoms with Crippen LogP contribution in [0.2, 0.25) is 0 Å². The summed E-state index contributed by atoms with van der Waals surface area (Å²) in [6.07, 6.45) is 0. The van der Waals surface area contributed by atoms with Gasteiger partial charge in [-0.15, -0.1) is 0 Å². The van der Waals surface area contributed by atoms with Gasteiger partial charge in [0, 0.05) is 12.6 Å². The molecule has 0 heterocycles. The second-order valence-corrected chi connectivity index (χ2v) is 6.19. The number of amides is 1. The van der Waals surface area contributed by atoms with Crippen molar-refractivity contribution < 1.29 is 9.90 Å². The van der Waals surface area contributed by atoms with E-state index in [-0.39, 0.29) is 28.4 Å². The third-order valence-corrected chi connectivity index (χ3v) is 3.18. The van der Waals surface area contributed by atoms with Crippen molar-refractivity contribution in [1.29, 1.82) is 0 Å².